The van der Waals surface area contributed by atoms with Crippen molar-refractivity contribution in [1.82, 2.24) is 10.2 Å². The number of ether oxygens (including phenoxy) is 1. The molecular formula is C24H30BrClN2O3. The molecule has 0 unspecified atom stereocenters. The fourth-order valence-corrected chi connectivity index (χ4v) is 3.93. The van der Waals surface area contributed by atoms with Crippen LogP contribution in [0.5, 0.6) is 5.75 Å². The Balaban J connectivity index is 2.18. The molecule has 0 aliphatic carbocycles. The number of hydrogen-bond acceptors (Lipinski definition) is 3. The van der Waals surface area contributed by atoms with Crippen LogP contribution in [0.25, 0.3) is 0 Å². The highest BCUT2D eigenvalue weighted by molar-refractivity contribution is 9.10. The smallest absolute Gasteiger partial charge is 0.261 e. The Hall–Kier alpha value is -2.05. The van der Waals surface area contributed by atoms with Crippen LogP contribution in [0.4, 0.5) is 0 Å². The highest BCUT2D eigenvalue weighted by Gasteiger charge is 2.28. The number of rotatable bonds is 11. The topological polar surface area (TPSA) is 58.6 Å². The SMILES string of the molecule is CCCCNC(=O)[C@@H](CC)N(Cc1ccc(C)cc1)C(=O)COc1ccc(Cl)cc1Br. The number of carbonyl (C=O) groups is 2. The molecule has 2 amide bonds. The second-order valence-corrected chi connectivity index (χ2v) is 8.73. The first-order valence-corrected chi connectivity index (χ1v) is 11.7. The van der Waals surface area contributed by atoms with Gasteiger partial charge in [-0.2, -0.15) is 0 Å². The Kier molecular flexibility index (Phi) is 10.3. The van der Waals surface area contributed by atoms with Crippen LogP contribution in [0, 0.1) is 6.92 Å². The average Bonchev–Trinajstić information content (AvgIpc) is 2.74. The van der Waals surface area contributed by atoms with Gasteiger partial charge in [0, 0.05) is 18.1 Å². The summed E-state index contributed by atoms with van der Waals surface area (Å²) >= 11 is 9.37. The zero-order chi connectivity index (χ0) is 22.8. The molecule has 0 bridgehead atoms. The summed E-state index contributed by atoms with van der Waals surface area (Å²) in [5.41, 5.74) is 2.10. The summed E-state index contributed by atoms with van der Waals surface area (Å²) in [6.07, 6.45) is 2.41. The molecule has 1 N–H and O–H groups in total. The summed E-state index contributed by atoms with van der Waals surface area (Å²) in [7, 11) is 0. The highest BCUT2D eigenvalue weighted by atomic mass is 79.9. The molecule has 168 valence electrons. The van der Waals surface area contributed by atoms with Crippen molar-refractivity contribution in [3.63, 3.8) is 0 Å². The van der Waals surface area contributed by atoms with Crippen molar-refractivity contribution in [1.29, 1.82) is 0 Å². The summed E-state index contributed by atoms with van der Waals surface area (Å²) in [5.74, 6) is 0.137. The molecule has 7 heteroatoms. The van der Waals surface area contributed by atoms with E-state index >= 15 is 0 Å². The third kappa shape index (κ3) is 7.86. The standard InChI is InChI=1S/C24H30BrClN2O3/c1-4-6-13-27-24(30)21(5-2)28(15-18-9-7-17(3)8-10-18)23(29)16-31-22-12-11-19(26)14-20(22)25/h7-12,14,21H,4-6,13,15-16H2,1-3H3,(H,27,30)/t21-/m1/s1. The van der Waals surface area contributed by atoms with Gasteiger partial charge in [0.1, 0.15) is 11.8 Å². The fraction of sp³-hybridized carbons (Fsp3) is 0.417. The zero-order valence-electron chi connectivity index (χ0n) is 18.3. The Morgan fingerprint density at radius 1 is 1.16 bits per heavy atom. The number of nitrogens with zero attached hydrogens (tertiary/aromatic N) is 1. The van der Waals surface area contributed by atoms with Crippen LogP contribution in [-0.2, 0) is 16.1 Å². The molecule has 2 rings (SSSR count). The van der Waals surface area contributed by atoms with E-state index < -0.39 is 6.04 Å². The lowest BCUT2D eigenvalue weighted by atomic mass is 10.1. The molecule has 0 radical (unpaired) electrons. The lowest BCUT2D eigenvalue weighted by Crippen LogP contribution is -2.50. The van der Waals surface area contributed by atoms with Gasteiger partial charge in [-0.25, -0.2) is 0 Å². The molecule has 5 nitrogen and oxygen atoms in total. The number of aryl methyl sites for hydroxylation is 1. The van der Waals surface area contributed by atoms with E-state index in [2.05, 4.69) is 28.2 Å². The van der Waals surface area contributed by atoms with E-state index in [1.54, 1.807) is 23.1 Å². The first-order chi connectivity index (χ1) is 14.8. The molecule has 0 saturated heterocycles. The van der Waals surface area contributed by atoms with Gasteiger partial charge in [0.25, 0.3) is 5.91 Å². The molecule has 0 spiro atoms. The molecule has 0 aliphatic heterocycles. The van der Waals surface area contributed by atoms with Crippen molar-refractivity contribution in [2.45, 2.75) is 52.6 Å². The van der Waals surface area contributed by atoms with Gasteiger partial charge in [0.2, 0.25) is 5.91 Å². The second-order valence-electron chi connectivity index (χ2n) is 7.44. The predicted molar refractivity (Wildman–Crippen MR) is 128 cm³/mol. The molecule has 0 aromatic heterocycles. The van der Waals surface area contributed by atoms with Crippen LogP contribution in [-0.4, -0.2) is 35.9 Å². The van der Waals surface area contributed by atoms with E-state index in [-0.39, 0.29) is 18.4 Å². The molecule has 2 aromatic rings. The summed E-state index contributed by atoms with van der Waals surface area (Å²) in [4.78, 5) is 27.6. The summed E-state index contributed by atoms with van der Waals surface area (Å²) in [6.45, 7) is 6.76. The molecule has 0 aliphatic rings. The number of halogens is 2. The lowest BCUT2D eigenvalue weighted by Gasteiger charge is -2.30. The monoisotopic (exact) mass is 508 g/mol. The maximum atomic E-state index is 13.2. The van der Waals surface area contributed by atoms with Crippen LogP contribution in [0.15, 0.2) is 46.9 Å². The predicted octanol–water partition coefficient (Wildman–Crippen LogP) is 5.51. The molecule has 0 fully saturated rings. The molecule has 31 heavy (non-hydrogen) atoms. The van der Waals surface area contributed by atoms with Crippen LogP contribution >= 0.6 is 27.5 Å². The number of carbonyl (C=O) groups excluding carboxylic acids is 2. The van der Waals surface area contributed by atoms with Gasteiger partial charge in [-0.3, -0.25) is 9.59 Å². The largest absolute Gasteiger partial charge is 0.483 e. The third-order valence-corrected chi connectivity index (χ3v) is 5.79. The lowest BCUT2D eigenvalue weighted by molar-refractivity contribution is -0.143. The Labute approximate surface area is 198 Å². The van der Waals surface area contributed by atoms with E-state index in [9.17, 15) is 9.59 Å². The van der Waals surface area contributed by atoms with Crippen LogP contribution in [0.2, 0.25) is 5.02 Å². The van der Waals surface area contributed by atoms with E-state index in [0.717, 1.165) is 24.0 Å². The maximum Gasteiger partial charge on any atom is 0.261 e. The normalized spacial score (nSPS) is 11.6. The summed E-state index contributed by atoms with van der Waals surface area (Å²) in [5, 5.41) is 3.53. The van der Waals surface area contributed by atoms with E-state index in [0.29, 0.717) is 34.8 Å². The number of nitrogens with one attached hydrogen (secondary N) is 1. The van der Waals surface area contributed by atoms with Crippen LogP contribution < -0.4 is 10.1 Å². The van der Waals surface area contributed by atoms with E-state index in [4.69, 9.17) is 16.3 Å². The first-order valence-electron chi connectivity index (χ1n) is 10.6. The van der Waals surface area contributed by atoms with Gasteiger partial charge in [-0.05, 0) is 59.5 Å². The van der Waals surface area contributed by atoms with Crippen molar-refractivity contribution in [3.8, 4) is 5.75 Å². The first kappa shape index (κ1) is 25.2. The summed E-state index contributed by atoms with van der Waals surface area (Å²) < 4.78 is 6.40. The van der Waals surface area contributed by atoms with Crippen molar-refractivity contribution in [2.24, 2.45) is 0 Å². The minimum atomic E-state index is -0.567. The van der Waals surface area contributed by atoms with E-state index in [1.165, 1.54) is 0 Å². The third-order valence-electron chi connectivity index (χ3n) is 4.93. The molecule has 0 saturated carbocycles. The number of amides is 2. The van der Waals surface area contributed by atoms with Gasteiger partial charge in [-0.1, -0.05) is 61.7 Å². The minimum absolute atomic E-state index is 0.135. The van der Waals surface area contributed by atoms with Gasteiger partial charge >= 0.3 is 0 Å². The van der Waals surface area contributed by atoms with Crippen molar-refractivity contribution in [2.75, 3.05) is 13.2 Å². The van der Waals surface area contributed by atoms with Gasteiger partial charge in [-0.15, -0.1) is 0 Å². The quantitative estimate of drug-likeness (QED) is 0.406. The maximum absolute atomic E-state index is 13.2. The summed E-state index contributed by atoms with van der Waals surface area (Å²) in [6, 6.07) is 12.5. The number of benzene rings is 2. The molecule has 0 heterocycles. The van der Waals surface area contributed by atoms with E-state index in [1.807, 2.05) is 38.1 Å². The van der Waals surface area contributed by atoms with Crippen molar-refractivity contribution in [3.05, 3.63) is 63.1 Å². The zero-order valence-corrected chi connectivity index (χ0v) is 20.6. The average molecular weight is 510 g/mol. The Morgan fingerprint density at radius 2 is 1.87 bits per heavy atom. The number of hydrogen-bond donors (Lipinski definition) is 1. The van der Waals surface area contributed by atoms with Gasteiger partial charge in [0.15, 0.2) is 6.61 Å². The van der Waals surface area contributed by atoms with Gasteiger partial charge in [0.05, 0.1) is 4.47 Å². The van der Waals surface area contributed by atoms with Crippen molar-refractivity contribution >= 4 is 39.3 Å². The highest BCUT2D eigenvalue weighted by Crippen LogP contribution is 2.28. The Morgan fingerprint density at radius 3 is 2.48 bits per heavy atom. The van der Waals surface area contributed by atoms with Gasteiger partial charge < -0.3 is 15.0 Å². The second kappa shape index (κ2) is 12.7. The van der Waals surface area contributed by atoms with Crippen LogP contribution in [0.3, 0.4) is 0 Å². The molecule has 1 atom stereocenters. The minimum Gasteiger partial charge on any atom is -0.483 e. The molecule has 2 aromatic carbocycles. The fourth-order valence-electron chi connectivity index (χ4n) is 3.13. The number of unbranched alkanes of at least 4 members (excludes halogenated alkanes) is 1. The van der Waals surface area contributed by atoms with Crippen molar-refractivity contribution < 1.29 is 14.3 Å². The molecular weight excluding hydrogens is 480 g/mol. The van der Waals surface area contributed by atoms with Crippen LogP contribution in [0.1, 0.15) is 44.2 Å². The Bertz CT molecular complexity index is 874.